The largest absolute Gasteiger partial charge is 0.379 e. The van der Waals surface area contributed by atoms with E-state index in [1.165, 1.54) is 5.56 Å². The van der Waals surface area contributed by atoms with Gasteiger partial charge in [-0.05, 0) is 49.7 Å². The third-order valence-electron chi connectivity index (χ3n) is 5.03. The molecule has 4 rings (SSSR count). The van der Waals surface area contributed by atoms with Crippen molar-refractivity contribution in [2.24, 2.45) is 0 Å². The highest BCUT2D eigenvalue weighted by molar-refractivity contribution is 6.12. The van der Waals surface area contributed by atoms with Crippen LogP contribution in [-0.4, -0.2) is 42.1 Å². The van der Waals surface area contributed by atoms with Gasteiger partial charge >= 0.3 is 0 Å². The standard InChI is InChI=1S/C23H25N3O2/c1-16-6-7-22-20(12-16)21(13-17(2)24-22)23(27)25-19-5-3-4-18(14-19)15-26-8-10-28-11-9-26/h3-7,12-14H,8-11,15H2,1-2H3,(H,25,27). The van der Waals surface area contributed by atoms with Crippen molar-refractivity contribution in [3.8, 4) is 0 Å². The summed E-state index contributed by atoms with van der Waals surface area (Å²) in [4.78, 5) is 19.9. The van der Waals surface area contributed by atoms with E-state index in [1.54, 1.807) is 0 Å². The maximum Gasteiger partial charge on any atom is 0.256 e. The van der Waals surface area contributed by atoms with Gasteiger partial charge in [-0.1, -0.05) is 23.8 Å². The zero-order chi connectivity index (χ0) is 19.5. The van der Waals surface area contributed by atoms with Crippen LogP contribution in [0.2, 0.25) is 0 Å². The number of nitrogens with one attached hydrogen (secondary N) is 1. The van der Waals surface area contributed by atoms with Crippen LogP contribution in [0.1, 0.15) is 27.2 Å². The summed E-state index contributed by atoms with van der Waals surface area (Å²) in [6.07, 6.45) is 0. The van der Waals surface area contributed by atoms with E-state index in [0.29, 0.717) is 5.56 Å². The molecular formula is C23H25N3O2. The smallest absolute Gasteiger partial charge is 0.256 e. The number of aromatic nitrogens is 1. The SMILES string of the molecule is Cc1ccc2nc(C)cc(C(=O)Nc3cccc(CN4CCOCC4)c3)c2c1. The van der Waals surface area contributed by atoms with Gasteiger partial charge in [0.15, 0.2) is 0 Å². The van der Waals surface area contributed by atoms with E-state index >= 15 is 0 Å². The molecule has 1 amide bonds. The molecule has 0 spiro atoms. The summed E-state index contributed by atoms with van der Waals surface area (Å²) < 4.78 is 5.41. The first-order valence-corrected chi connectivity index (χ1v) is 9.67. The zero-order valence-electron chi connectivity index (χ0n) is 16.4. The second-order valence-electron chi connectivity index (χ2n) is 7.37. The first kappa shape index (κ1) is 18.6. The fourth-order valence-electron chi connectivity index (χ4n) is 3.62. The van der Waals surface area contributed by atoms with Crippen molar-refractivity contribution < 1.29 is 9.53 Å². The molecule has 1 aliphatic heterocycles. The third-order valence-corrected chi connectivity index (χ3v) is 5.03. The van der Waals surface area contributed by atoms with Gasteiger partial charge in [0.1, 0.15) is 0 Å². The first-order chi connectivity index (χ1) is 13.6. The maximum absolute atomic E-state index is 13.0. The molecule has 2 aromatic carbocycles. The molecule has 1 aliphatic rings. The lowest BCUT2D eigenvalue weighted by atomic mass is 10.0. The summed E-state index contributed by atoms with van der Waals surface area (Å²) in [6, 6.07) is 15.9. The number of hydrogen-bond acceptors (Lipinski definition) is 4. The van der Waals surface area contributed by atoms with Crippen LogP contribution in [0, 0.1) is 13.8 Å². The summed E-state index contributed by atoms with van der Waals surface area (Å²) in [6.45, 7) is 8.25. The number of aryl methyl sites for hydroxylation is 2. The van der Waals surface area contributed by atoms with E-state index < -0.39 is 0 Å². The van der Waals surface area contributed by atoms with Crippen LogP contribution < -0.4 is 5.32 Å². The molecule has 1 saturated heterocycles. The van der Waals surface area contributed by atoms with Crippen LogP contribution in [0.3, 0.4) is 0 Å². The molecule has 1 fully saturated rings. The molecule has 144 valence electrons. The molecule has 0 saturated carbocycles. The number of hydrogen-bond donors (Lipinski definition) is 1. The lowest BCUT2D eigenvalue weighted by molar-refractivity contribution is 0.0342. The quantitative estimate of drug-likeness (QED) is 0.751. The summed E-state index contributed by atoms with van der Waals surface area (Å²) in [5.41, 5.74) is 5.45. The molecule has 0 unspecified atom stereocenters. The normalized spacial score (nSPS) is 14.9. The highest BCUT2D eigenvalue weighted by Gasteiger charge is 2.14. The second kappa shape index (κ2) is 8.09. The predicted molar refractivity (Wildman–Crippen MR) is 112 cm³/mol. The number of pyridine rings is 1. The van der Waals surface area contributed by atoms with E-state index in [-0.39, 0.29) is 5.91 Å². The Morgan fingerprint density at radius 2 is 1.93 bits per heavy atom. The van der Waals surface area contributed by atoms with Gasteiger partial charge in [-0.25, -0.2) is 0 Å². The summed E-state index contributed by atoms with van der Waals surface area (Å²) in [5.74, 6) is -0.107. The van der Waals surface area contributed by atoms with Gasteiger partial charge < -0.3 is 10.1 Å². The van der Waals surface area contributed by atoms with Crippen molar-refractivity contribution in [3.05, 3.63) is 70.9 Å². The van der Waals surface area contributed by atoms with E-state index in [2.05, 4.69) is 27.3 Å². The van der Waals surface area contributed by atoms with Crippen molar-refractivity contribution in [2.75, 3.05) is 31.6 Å². The number of anilines is 1. The van der Waals surface area contributed by atoms with E-state index in [1.807, 2.05) is 50.2 Å². The Kier molecular flexibility index (Phi) is 5.37. The zero-order valence-corrected chi connectivity index (χ0v) is 16.4. The number of benzene rings is 2. The molecule has 0 atom stereocenters. The lowest BCUT2D eigenvalue weighted by Gasteiger charge is -2.26. The summed E-state index contributed by atoms with van der Waals surface area (Å²) in [7, 11) is 0. The van der Waals surface area contributed by atoms with Crippen LogP contribution in [0.5, 0.6) is 0 Å². The van der Waals surface area contributed by atoms with Crippen molar-refractivity contribution in [3.63, 3.8) is 0 Å². The molecule has 0 bridgehead atoms. The monoisotopic (exact) mass is 375 g/mol. The van der Waals surface area contributed by atoms with E-state index in [4.69, 9.17) is 4.74 Å². The van der Waals surface area contributed by atoms with Gasteiger partial charge in [-0.3, -0.25) is 14.7 Å². The topological polar surface area (TPSA) is 54.5 Å². The average molecular weight is 375 g/mol. The molecule has 1 N–H and O–H groups in total. The molecular weight excluding hydrogens is 350 g/mol. The number of fused-ring (bicyclic) bond motifs is 1. The van der Waals surface area contributed by atoms with Crippen molar-refractivity contribution in [1.29, 1.82) is 0 Å². The number of carbonyl (C=O) groups is 1. The van der Waals surface area contributed by atoms with Gasteiger partial charge in [0, 0.05) is 36.4 Å². The van der Waals surface area contributed by atoms with Gasteiger partial charge in [-0.2, -0.15) is 0 Å². The molecule has 2 heterocycles. The second-order valence-corrected chi connectivity index (χ2v) is 7.37. The number of ether oxygens (including phenoxy) is 1. The minimum absolute atomic E-state index is 0.107. The van der Waals surface area contributed by atoms with Crippen LogP contribution in [-0.2, 0) is 11.3 Å². The fraction of sp³-hybridized carbons (Fsp3) is 0.304. The number of morpholine rings is 1. The Morgan fingerprint density at radius 3 is 2.75 bits per heavy atom. The number of amides is 1. The van der Waals surface area contributed by atoms with Crippen LogP contribution >= 0.6 is 0 Å². The van der Waals surface area contributed by atoms with Gasteiger partial charge in [-0.15, -0.1) is 0 Å². The Balaban J connectivity index is 1.56. The third kappa shape index (κ3) is 4.21. The molecule has 1 aromatic heterocycles. The Labute approximate surface area is 165 Å². The van der Waals surface area contributed by atoms with Crippen LogP contribution in [0.15, 0.2) is 48.5 Å². The number of rotatable bonds is 4. The van der Waals surface area contributed by atoms with E-state index in [9.17, 15) is 4.79 Å². The minimum Gasteiger partial charge on any atom is -0.379 e. The van der Waals surface area contributed by atoms with Crippen LogP contribution in [0.4, 0.5) is 5.69 Å². The van der Waals surface area contributed by atoms with Gasteiger partial charge in [0.05, 0.1) is 24.3 Å². The Hall–Kier alpha value is -2.76. The Morgan fingerprint density at radius 1 is 1.11 bits per heavy atom. The van der Waals surface area contributed by atoms with E-state index in [0.717, 1.165) is 60.7 Å². The minimum atomic E-state index is -0.107. The van der Waals surface area contributed by atoms with Gasteiger partial charge in [0.2, 0.25) is 0 Å². The maximum atomic E-state index is 13.0. The molecule has 5 nitrogen and oxygen atoms in total. The molecule has 5 heteroatoms. The molecule has 0 aliphatic carbocycles. The van der Waals surface area contributed by atoms with Crippen molar-refractivity contribution in [2.45, 2.75) is 20.4 Å². The fourth-order valence-corrected chi connectivity index (χ4v) is 3.62. The first-order valence-electron chi connectivity index (χ1n) is 9.67. The number of nitrogens with zero attached hydrogens (tertiary/aromatic N) is 2. The van der Waals surface area contributed by atoms with Gasteiger partial charge in [0.25, 0.3) is 5.91 Å². The van der Waals surface area contributed by atoms with Crippen LogP contribution in [0.25, 0.3) is 10.9 Å². The highest BCUT2D eigenvalue weighted by atomic mass is 16.5. The molecule has 3 aromatic rings. The summed E-state index contributed by atoms with van der Waals surface area (Å²) >= 11 is 0. The van der Waals surface area contributed by atoms with Crippen molar-refractivity contribution >= 4 is 22.5 Å². The summed E-state index contributed by atoms with van der Waals surface area (Å²) in [5, 5.41) is 3.95. The lowest BCUT2D eigenvalue weighted by Crippen LogP contribution is -2.35. The Bertz CT molecular complexity index is 1010. The van der Waals surface area contributed by atoms with Crippen molar-refractivity contribution in [1.82, 2.24) is 9.88 Å². The predicted octanol–water partition coefficient (Wildman–Crippen LogP) is 3.94. The number of carbonyl (C=O) groups excluding carboxylic acids is 1. The molecule has 28 heavy (non-hydrogen) atoms. The average Bonchev–Trinajstić information content (AvgIpc) is 2.69. The highest BCUT2D eigenvalue weighted by Crippen LogP contribution is 2.22. The molecule has 0 radical (unpaired) electrons.